The summed E-state index contributed by atoms with van der Waals surface area (Å²) in [6.07, 6.45) is 1.13. The summed E-state index contributed by atoms with van der Waals surface area (Å²) in [5, 5.41) is 9.53. The Hall–Kier alpha value is -1.85. The minimum Gasteiger partial charge on any atom is -0.345 e. The highest BCUT2D eigenvalue weighted by atomic mass is 16.2. The topological polar surface area (TPSA) is 78.1 Å². The number of nitrogens with zero attached hydrogens (tertiary/aromatic N) is 2. The van der Waals surface area contributed by atoms with Crippen LogP contribution < -0.4 is 5.32 Å². The van der Waals surface area contributed by atoms with E-state index in [-0.39, 0.29) is 24.2 Å². The molecule has 6 nitrogen and oxygen atoms in total. The molecule has 1 aliphatic rings. The first kappa shape index (κ1) is 11.6. The molecule has 2 heterocycles. The quantitative estimate of drug-likeness (QED) is 0.796. The van der Waals surface area contributed by atoms with E-state index in [2.05, 4.69) is 15.5 Å². The fourth-order valence-electron chi connectivity index (χ4n) is 1.87. The second-order valence-electron chi connectivity index (χ2n) is 4.30. The van der Waals surface area contributed by atoms with Crippen LogP contribution >= 0.6 is 0 Å². The summed E-state index contributed by atoms with van der Waals surface area (Å²) >= 11 is 0. The third kappa shape index (κ3) is 2.46. The van der Waals surface area contributed by atoms with Crippen LogP contribution in [0.4, 0.5) is 5.82 Å². The van der Waals surface area contributed by atoms with Crippen molar-refractivity contribution in [3.8, 4) is 0 Å². The molecule has 1 unspecified atom stereocenters. The van der Waals surface area contributed by atoms with Gasteiger partial charge in [-0.1, -0.05) is 6.92 Å². The van der Waals surface area contributed by atoms with Crippen molar-refractivity contribution in [1.82, 2.24) is 15.1 Å². The standard InChI is InChI=1S/C11H16N4O2/c1-3-8-5-9(14-13-8)12-11(17)7-4-10(16)15(2)6-7/h5,7H,3-4,6H2,1-2H3,(H2,12,13,14,17). The number of carbonyl (C=O) groups excluding carboxylic acids is 2. The number of rotatable bonds is 3. The van der Waals surface area contributed by atoms with E-state index in [1.807, 2.05) is 6.92 Å². The van der Waals surface area contributed by atoms with Gasteiger partial charge < -0.3 is 10.2 Å². The lowest BCUT2D eigenvalue weighted by Gasteiger charge is -2.09. The van der Waals surface area contributed by atoms with E-state index in [4.69, 9.17) is 0 Å². The minimum absolute atomic E-state index is 0.0152. The summed E-state index contributed by atoms with van der Waals surface area (Å²) in [7, 11) is 1.71. The summed E-state index contributed by atoms with van der Waals surface area (Å²) in [6.45, 7) is 2.49. The molecular formula is C11H16N4O2. The van der Waals surface area contributed by atoms with Gasteiger partial charge in [-0.15, -0.1) is 0 Å². The number of hydrogen-bond donors (Lipinski definition) is 2. The highest BCUT2D eigenvalue weighted by Gasteiger charge is 2.32. The van der Waals surface area contributed by atoms with Crippen LogP contribution in [0.15, 0.2) is 6.07 Å². The molecular weight excluding hydrogens is 220 g/mol. The molecule has 1 fully saturated rings. The van der Waals surface area contributed by atoms with Crippen molar-refractivity contribution in [3.63, 3.8) is 0 Å². The monoisotopic (exact) mass is 236 g/mol. The number of likely N-dealkylation sites (tertiary alicyclic amines) is 1. The Morgan fingerprint density at radius 2 is 2.47 bits per heavy atom. The van der Waals surface area contributed by atoms with Crippen LogP contribution in [-0.4, -0.2) is 40.5 Å². The zero-order valence-corrected chi connectivity index (χ0v) is 9.99. The highest BCUT2D eigenvalue weighted by molar-refractivity contribution is 5.96. The zero-order valence-electron chi connectivity index (χ0n) is 9.99. The number of amides is 2. The van der Waals surface area contributed by atoms with Gasteiger partial charge in [0.1, 0.15) is 0 Å². The van der Waals surface area contributed by atoms with Crippen LogP contribution in [0.3, 0.4) is 0 Å². The molecule has 0 aromatic carbocycles. The molecule has 0 saturated carbocycles. The first-order chi connectivity index (χ1) is 8.10. The van der Waals surface area contributed by atoms with Crippen LogP contribution in [0.1, 0.15) is 19.0 Å². The maximum Gasteiger partial charge on any atom is 0.230 e. The van der Waals surface area contributed by atoms with Gasteiger partial charge in [-0.2, -0.15) is 5.10 Å². The number of hydrogen-bond acceptors (Lipinski definition) is 3. The van der Waals surface area contributed by atoms with Gasteiger partial charge in [0.05, 0.1) is 5.92 Å². The Kier molecular flexibility index (Phi) is 3.12. The van der Waals surface area contributed by atoms with Crippen LogP contribution in [-0.2, 0) is 16.0 Å². The Labute approximate surface area is 99.4 Å². The molecule has 1 saturated heterocycles. The van der Waals surface area contributed by atoms with E-state index in [1.165, 1.54) is 0 Å². The molecule has 0 aliphatic carbocycles. The van der Waals surface area contributed by atoms with E-state index in [1.54, 1.807) is 18.0 Å². The van der Waals surface area contributed by atoms with E-state index in [9.17, 15) is 9.59 Å². The fourth-order valence-corrected chi connectivity index (χ4v) is 1.87. The van der Waals surface area contributed by atoms with E-state index >= 15 is 0 Å². The number of anilines is 1. The molecule has 1 atom stereocenters. The molecule has 0 bridgehead atoms. The Morgan fingerprint density at radius 3 is 3.00 bits per heavy atom. The summed E-state index contributed by atoms with van der Waals surface area (Å²) in [5.41, 5.74) is 0.972. The predicted molar refractivity (Wildman–Crippen MR) is 62.3 cm³/mol. The Morgan fingerprint density at radius 1 is 1.71 bits per heavy atom. The molecule has 1 aromatic rings. The minimum atomic E-state index is -0.269. The average Bonchev–Trinajstić information content (AvgIpc) is 2.87. The van der Waals surface area contributed by atoms with Crippen molar-refractivity contribution in [3.05, 3.63) is 11.8 Å². The molecule has 1 aliphatic heterocycles. The zero-order chi connectivity index (χ0) is 12.4. The summed E-state index contributed by atoms with van der Waals surface area (Å²) in [6, 6.07) is 1.80. The molecule has 92 valence electrons. The number of nitrogens with one attached hydrogen (secondary N) is 2. The van der Waals surface area contributed by atoms with Crippen LogP contribution in [0.2, 0.25) is 0 Å². The van der Waals surface area contributed by atoms with Crippen molar-refractivity contribution in [2.24, 2.45) is 5.92 Å². The van der Waals surface area contributed by atoms with Gasteiger partial charge in [-0.3, -0.25) is 14.7 Å². The predicted octanol–water partition coefficient (Wildman–Crippen LogP) is 0.389. The van der Waals surface area contributed by atoms with Gasteiger partial charge in [0.15, 0.2) is 5.82 Å². The third-order valence-corrected chi connectivity index (χ3v) is 2.97. The summed E-state index contributed by atoms with van der Waals surface area (Å²) < 4.78 is 0. The smallest absolute Gasteiger partial charge is 0.230 e. The molecule has 6 heteroatoms. The van der Waals surface area contributed by atoms with Gasteiger partial charge in [0.25, 0.3) is 0 Å². The molecule has 0 spiro atoms. The molecule has 1 aromatic heterocycles. The fraction of sp³-hybridized carbons (Fsp3) is 0.545. The second-order valence-corrected chi connectivity index (χ2v) is 4.30. The maximum absolute atomic E-state index is 11.9. The van der Waals surface area contributed by atoms with Gasteiger partial charge in [-0.05, 0) is 6.42 Å². The SMILES string of the molecule is CCc1cc(NC(=O)C2CC(=O)N(C)C2)n[nH]1. The van der Waals surface area contributed by atoms with E-state index in [0.29, 0.717) is 12.4 Å². The second kappa shape index (κ2) is 4.57. The van der Waals surface area contributed by atoms with Crippen molar-refractivity contribution >= 4 is 17.6 Å². The largest absolute Gasteiger partial charge is 0.345 e. The van der Waals surface area contributed by atoms with Crippen molar-refractivity contribution in [2.45, 2.75) is 19.8 Å². The van der Waals surface area contributed by atoms with E-state index in [0.717, 1.165) is 12.1 Å². The van der Waals surface area contributed by atoms with Crippen molar-refractivity contribution < 1.29 is 9.59 Å². The molecule has 0 radical (unpaired) electrons. The first-order valence-corrected chi connectivity index (χ1v) is 5.69. The molecule has 2 amide bonds. The lowest BCUT2D eigenvalue weighted by molar-refractivity contribution is -0.127. The number of carbonyl (C=O) groups is 2. The van der Waals surface area contributed by atoms with Gasteiger partial charge in [0, 0.05) is 31.8 Å². The third-order valence-electron chi connectivity index (χ3n) is 2.97. The highest BCUT2D eigenvalue weighted by Crippen LogP contribution is 2.18. The Balaban J connectivity index is 1.95. The lowest BCUT2D eigenvalue weighted by Crippen LogP contribution is -2.25. The molecule has 2 rings (SSSR count). The van der Waals surface area contributed by atoms with Crippen LogP contribution in [0, 0.1) is 5.92 Å². The van der Waals surface area contributed by atoms with E-state index < -0.39 is 0 Å². The summed E-state index contributed by atoms with van der Waals surface area (Å²) in [5.74, 6) is 0.126. The molecule has 17 heavy (non-hydrogen) atoms. The number of aryl methyl sites for hydroxylation is 1. The Bertz CT molecular complexity index is 440. The van der Waals surface area contributed by atoms with Gasteiger partial charge in [0.2, 0.25) is 11.8 Å². The normalized spacial score (nSPS) is 19.8. The van der Waals surface area contributed by atoms with Crippen molar-refractivity contribution in [1.29, 1.82) is 0 Å². The maximum atomic E-state index is 11.9. The van der Waals surface area contributed by atoms with Crippen LogP contribution in [0.5, 0.6) is 0 Å². The van der Waals surface area contributed by atoms with Crippen molar-refractivity contribution in [2.75, 3.05) is 18.9 Å². The molecule has 2 N–H and O–H groups in total. The number of H-pyrrole nitrogens is 1. The lowest BCUT2D eigenvalue weighted by atomic mass is 10.1. The van der Waals surface area contributed by atoms with Gasteiger partial charge >= 0.3 is 0 Å². The number of aromatic nitrogens is 2. The summed E-state index contributed by atoms with van der Waals surface area (Å²) in [4.78, 5) is 24.8. The first-order valence-electron chi connectivity index (χ1n) is 5.69. The average molecular weight is 236 g/mol. The van der Waals surface area contributed by atoms with Crippen LogP contribution in [0.25, 0.3) is 0 Å². The van der Waals surface area contributed by atoms with Gasteiger partial charge in [-0.25, -0.2) is 0 Å². The number of aromatic amines is 1.